The summed E-state index contributed by atoms with van der Waals surface area (Å²) in [5, 5.41) is 3.86. The normalized spacial score (nSPS) is 19.0. The lowest BCUT2D eigenvalue weighted by Gasteiger charge is -2.12. The van der Waals surface area contributed by atoms with E-state index < -0.39 is 0 Å². The maximum atomic E-state index is 11.5. The second kappa shape index (κ2) is 5.91. The smallest absolute Gasteiger partial charge is 0.341 e. The van der Waals surface area contributed by atoms with E-state index in [0.29, 0.717) is 16.6 Å². The van der Waals surface area contributed by atoms with Gasteiger partial charge in [0.2, 0.25) is 0 Å². The maximum Gasteiger partial charge on any atom is 0.341 e. The molecule has 0 amide bonds. The lowest BCUT2D eigenvalue weighted by Crippen LogP contribution is -2.17. The van der Waals surface area contributed by atoms with Gasteiger partial charge in [-0.1, -0.05) is 0 Å². The van der Waals surface area contributed by atoms with Crippen molar-refractivity contribution in [3.8, 4) is 0 Å². The Morgan fingerprint density at radius 3 is 3.29 bits per heavy atom. The monoisotopic (exact) mass is 252 g/mol. The van der Waals surface area contributed by atoms with Crippen LogP contribution in [-0.2, 0) is 4.74 Å². The third-order valence-electron chi connectivity index (χ3n) is 2.73. The number of pyridine rings is 1. The van der Waals surface area contributed by atoms with Crippen LogP contribution in [0.4, 0.5) is 5.82 Å². The van der Waals surface area contributed by atoms with Gasteiger partial charge in [-0.05, 0) is 30.7 Å². The van der Waals surface area contributed by atoms with Crippen molar-refractivity contribution in [2.45, 2.75) is 18.1 Å². The average Bonchev–Trinajstić information content (AvgIpc) is 2.89. The molecular weight excluding hydrogens is 236 g/mol. The number of rotatable bonds is 4. The molecule has 1 atom stereocenters. The first-order valence-corrected chi connectivity index (χ1v) is 6.75. The Hall–Kier alpha value is -1.23. The number of carbonyl (C=O) groups is 1. The van der Waals surface area contributed by atoms with E-state index in [4.69, 9.17) is 4.74 Å². The first kappa shape index (κ1) is 12.2. The molecule has 17 heavy (non-hydrogen) atoms. The molecule has 0 aromatic carbocycles. The highest BCUT2D eigenvalue weighted by Crippen LogP contribution is 2.26. The molecule has 92 valence electrons. The zero-order valence-electron chi connectivity index (χ0n) is 9.81. The SMILES string of the molecule is COC(=O)c1cccnc1NCC1CCCS1. The van der Waals surface area contributed by atoms with Crippen LogP contribution < -0.4 is 5.32 Å². The summed E-state index contributed by atoms with van der Waals surface area (Å²) in [5.41, 5.74) is 0.498. The first-order chi connectivity index (χ1) is 8.31. The number of methoxy groups -OCH3 is 1. The molecule has 1 fully saturated rings. The predicted octanol–water partition coefficient (Wildman–Crippen LogP) is 2.18. The molecule has 1 aromatic heterocycles. The van der Waals surface area contributed by atoms with Gasteiger partial charge >= 0.3 is 5.97 Å². The van der Waals surface area contributed by atoms with Crippen molar-refractivity contribution in [1.82, 2.24) is 4.98 Å². The van der Waals surface area contributed by atoms with Crippen molar-refractivity contribution in [2.24, 2.45) is 0 Å². The van der Waals surface area contributed by atoms with E-state index in [0.717, 1.165) is 6.54 Å². The fourth-order valence-electron chi connectivity index (χ4n) is 1.84. The largest absolute Gasteiger partial charge is 0.465 e. The molecule has 0 radical (unpaired) electrons. The minimum absolute atomic E-state index is 0.348. The molecule has 4 nitrogen and oxygen atoms in total. The number of anilines is 1. The molecule has 0 spiro atoms. The average molecular weight is 252 g/mol. The van der Waals surface area contributed by atoms with Gasteiger partial charge in [-0.15, -0.1) is 0 Å². The molecule has 1 N–H and O–H groups in total. The van der Waals surface area contributed by atoms with Crippen LogP contribution in [0.15, 0.2) is 18.3 Å². The summed E-state index contributed by atoms with van der Waals surface area (Å²) in [6, 6.07) is 3.46. The standard InChI is InChI=1S/C12H16N2O2S/c1-16-12(15)10-5-2-6-13-11(10)14-8-9-4-3-7-17-9/h2,5-6,9H,3-4,7-8H2,1H3,(H,13,14). The number of hydrogen-bond donors (Lipinski definition) is 1. The Balaban J connectivity index is 2.01. The third kappa shape index (κ3) is 3.12. The van der Waals surface area contributed by atoms with Crippen LogP contribution in [0.3, 0.4) is 0 Å². The molecular formula is C12H16N2O2S. The summed E-state index contributed by atoms with van der Waals surface area (Å²) < 4.78 is 4.72. The topological polar surface area (TPSA) is 51.2 Å². The van der Waals surface area contributed by atoms with E-state index in [2.05, 4.69) is 10.3 Å². The van der Waals surface area contributed by atoms with Gasteiger partial charge < -0.3 is 10.1 Å². The summed E-state index contributed by atoms with van der Waals surface area (Å²) in [6.45, 7) is 0.853. The van der Waals surface area contributed by atoms with Gasteiger partial charge in [-0.25, -0.2) is 9.78 Å². The number of carbonyl (C=O) groups excluding carboxylic acids is 1. The van der Waals surface area contributed by atoms with Gasteiger partial charge in [-0.3, -0.25) is 0 Å². The van der Waals surface area contributed by atoms with E-state index >= 15 is 0 Å². The number of nitrogens with one attached hydrogen (secondary N) is 1. The fraction of sp³-hybridized carbons (Fsp3) is 0.500. The Bertz CT molecular complexity index is 392. The lowest BCUT2D eigenvalue weighted by molar-refractivity contribution is 0.0601. The Kier molecular flexibility index (Phi) is 4.25. The van der Waals surface area contributed by atoms with E-state index in [1.54, 1.807) is 18.3 Å². The van der Waals surface area contributed by atoms with Gasteiger partial charge in [0, 0.05) is 18.0 Å². The Labute approximate surface area is 105 Å². The van der Waals surface area contributed by atoms with Crippen molar-refractivity contribution in [1.29, 1.82) is 0 Å². The number of esters is 1. The maximum absolute atomic E-state index is 11.5. The van der Waals surface area contributed by atoms with Crippen molar-refractivity contribution < 1.29 is 9.53 Å². The molecule has 5 heteroatoms. The van der Waals surface area contributed by atoms with Gasteiger partial charge in [-0.2, -0.15) is 11.8 Å². The van der Waals surface area contributed by atoms with Gasteiger partial charge in [0.25, 0.3) is 0 Å². The quantitative estimate of drug-likeness (QED) is 0.832. The number of thioether (sulfide) groups is 1. The molecule has 2 rings (SSSR count). The van der Waals surface area contributed by atoms with Crippen LogP contribution in [0.1, 0.15) is 23.2 Å². The molecule has 1 unspecified atom stereocenters. The second-order valence-electron chi connectivity index (χ2n) is 3.91. The van der Waals surface area contributed by atoms with Crippen LogP contribution in [0.5, 0.6) is 0 Å². The number of nitrogens with zero attached hydrogens (tertiary/aromatic N) is 1. The zero-order valence-corrected chi connectivity index (χ0v) is 10.6. The van der Waals surface area contributed by atoms with Crippen LogP contribution in [0.2, 0.25) is 0 Å². The van der Waals surface area contributed by atoms with E-state index in [9.17, 15) is 4.79 Å². The number of aromatic nitrogens is 1. The van der Waals surface area contributed by atoms with Crippen molar-refractivity contribution in [3.63, 3.8) is 0 Å². The summed E-state index contributed by atoms with van der Waals surface area (Å²) >= 11 is 1.98. The summed E-state index contributed by atoms with van der Waals surface area (Å²) in [4.78, 5) is 15.7. The third-order valence-corrected chi connectivity index (χ3v) is 4.13. The molecule has 1 aliphatic rings. The highest BCUT2D eigenvalue weighted by atomic mass is 32.2. The van der Waals surface area contributed by atoms with Crippen molar-refractivity contribution in [3.05, 3.63) is 23.9 Å². The molecule has 0 saturated carbocycles. The fourth-order valence-corrected chi connectivity index (χ4v) is 3.04. The van der Waals surface area contributed by atoms with E-state index in [-0.39, 0.29) is 5.97 Å². The van der Waals surface area contributed by atoms with Crippen molar-refractivity contribution in [2.75, 3.05) is 24.7 Å². The highest BCUT2D eigenvalue weighted by molar-refractivity contribution is 8.00. The van der Waals surface area contributed by atoms with Gasteiger partial charge in [0.05, 0.1) is 7.11 Å². The van der Waals surface area contributed by atoms with E-state index in [1.807, 2.05) is 11.8 Å². The van der Waals surface area contributed by atoms with Crippen LogP contribution in [-0.4, -0.2) is 35.6 Å². The molecule has 1 saturated heterocycles. The Morgan fingerprint density at radius 2 is 2.59 bits per heavy atom. The summed E-state index contributed by atoms with van der Waals surface area (Å²) in [5.74, 6) is 1.50. The lowest BCUT2D eigenvalue weighted by atomic mass is 10.2. The number of hydrogen-bond acceptors (Lipinski definition) is 5. The van der Waals surface area contributed by atoms with Crippen molar-refractivity contribution >= 4 is 23.5 Å². The second-order valence-corrected chi connectivity index (χ2v) is 5.32. The summed E-state index contributed by atoms with van der Waals surface area (Å²) in [6.07, 6.45) is 4.19. The zero-order chi connectivity index (χ0) is 12.1. The molecule has 0 aliphatic carbocycles. The van der Waals surface area contributed by atoms with E-state index in [1.165, 1.54) is 25.7 Å². The first-order valence-electron chi connectivity index (χ1n) is 5.70. The minimum Gasteiger partial charge on any atom is -0.465 e. The predicted molar refractivity (Wildman–Crippen MR) is 69.5 cm³/mol. The summed E-state index contributed by atoms with van der Waals surface area (Å²) in [7, 11) is 1.38. The molecule has 1 aliphatic heterocycles. The van der Waals surface area contributed by atoms with Crippen LogP contribution in [0, 0.1) is 0 Å². The van der Waals surface area contributed by atoms with Crippen LogP contribution >= 0.6 is 11.8 Å². The van der Waals surface area contributed by atoms with Crippen LogP contribution in [0.25, 0.3) is 0 Å². The highest BCUT2D eigenvalue weighted by Gasteiger charge is 2.17. The molecule has 0 bridgehead atoms. The molecule has 1 aromatic rings. The number of ether oxygens (including phenoxy) is 1. The van der Waals surface area contributed by atoms with Gasteiger partial charge in [0.15, 0.2) is 0 Å². The Morgan fingerprint density at radius 1 is 1.71 bits per heavy atom. The van der Waals surface area contributed by atoms with Gasteiger partial charge in [0.1, 0.15) is 11.4 Å². The molecule has 2 heterocycles. The minimum atomic E-state index is -0.348.